The standard InChI is InChI=1S/C24H16N4O6/c25-12-16-20(14-7-3-1-4-8-14)21(15-9-5-2-6-10-15)34-22(16)27-19(30)13-33-23(31)17-11-18(29)28-24(32)26-17/h1-11H,13H2,(H,27,30)(H2,26,28,29,32). The summed E-state index contributed by atoms with van der Waals surface area (Å²) in [7, 11) is 0. The van der Waals surface area contributed by atoms with E-state index >= 15 is 0 Å². The van der Waals surface area contributed by atoms with E-state index in [9.17, 15) is 24.4 Å². The van der Waals surface area contributed by atoms with Gasteiger partial charge in [-0.25, -0.2) is 9.59 Å². The molecule has 0 saturated heterocycles. The highest BCUT2D eigenvalue weighted by molar-refractivity contribution is 5.97. The summed E-state index contributed by atoms with van der Waals surface area (Å²) in [6.07, 6.45) is 0. The Hall–Kier alpha value is -5.17. The molecule has 10 nitrogen and oxygen atoms in total. The Morgan fingerprint density at radius 2 is 1.62 bits per heavy atom. The molecule has 0 spiro atoms. The zero-order valence-corrected chi connectivity index (χ0v) is 17.5. The van der Waals surface area contributed by atoms with Crippen LogP contribution in [0, 0.1) is 11.3 Å². The maximum atomic E-state index is 12.4. The van der Waals surface area contributed by atoms with Crippen molar-refractivity contribution in [1.29, 1.82) is 5.26 Å². The van der Waals surface area contributed by atoms with Crippen LogP contribution in [-0.2, 0) is 9.53 Å². The van der Waals surface area contributed by atoms with Crippen molar-refractivity contribution in [1.82, 2.24) is 9.97 Å². The number of hydrogen-bond donors (Lipinski definition) is 3. The molecule has 34 heavy (non-hydrogen) atoms. The fourth-order valence-electron chi connectivity index (χ4n) is 3.25. The first-order valence-electron chi connectivity index (χ1n) is 9.94. The lowest BCUT2D eigenvalue weighted by Gasteiger charge is -2.05. The van der Waals surface area contributed by atoms with Crippen molar-refractivity contribution in [3.05, 3.63) is 98.8 Å². The quantitative estimate of drug-likeness (QED) is 0.376. The number of esters is 1. The number of carbonyl (C=O) groups excluding carboxylic acids is 2. The summed E-state index contributed by atoms with van der Waals surface area (Å²) in [6.45, 7) is -0.749. The lowest BCUT2D eigenvalue weighted by Crippen LogP contribution is -2.27. The van der Waals surface area contributed by atoms with Crippen molar-refractivity contribution in [2.45, 2.75) is 0 Å². The molecule has 0 radical (unpaired) electrons. The van der Waals surface area contributed by atoms with Gasteiger partial charge in [0.1, 0.15) is 23.1 Å². The molecule has 2 aromatic carbocycles. The lowest BCUT2D eigenvalue weighted by atomic mass is 9.98. The van der Waals surface area contributed by atoms with Gasteiger partial charge in [0.25, 0.3) is 11.5 Å². The second-order valence-electron chi connectivity index (χ2n) is 6.98. The molecule has 10 heteroatoms. The summed E-state index contributed by atoms with van der Waals surface area (Å²) in [5, 5.41) is 12.3. The maximum absolute atomic E-state index is 12.4. The first-order valence-corrected chi connectivity index (χ1v) is 9.94. The van der Waals surface area contributed by atoms with Gasteiger partial charge >= 0.3 is 11.7 Å². The number of nitriles is 1. The van der Waals surface area contributed by atoms with Crippen molar-refractivity contribution in [2.24, 2.45) is 0 Å². The predicted molar refractivity (Wildman–Crippen MR) is 121 cm³/mol. The largest absolute Gasteiger partial charge is 0.451 e. The number of benzene rings is 2. The molecule has 1 amide bonds. The molecule has 168 valence electrons. The molecule has 0 saturated carbocycles. The SMILES string of the molecule is N#Cc1c(NC(=O)COC(=O)c2cc(=O)[nH]c(=O)[nH]2)oc(-c2ccccc2)c1-c1ccccc1. The van der Waals surface area contributed by atoms with E-state index in [4.69, 9.17) is 9.15 Å². The summed E-state index contributed by atoms with van der Waals surface area (Å²) < 4.78 is 10.7. The Bertz CT molecular complexity index is 1480. The van der Waals surface area contributed by atoms with Gasteiger partial charge < -0.3 is 14.1 Å². The smallest absolute Gasteiger partial charge is 0.355 e. The zero-order valence-electron chi connectivity index (χ0n) is 17.5. The Morgan fingerprint density at radius 3 is 2.24 bits per heavy atom. The molecule has 4 aromatic rings. The van der Waals surface area contributed by atoms with E-state index in [1.807, 2.05) is 65.6 Å². The lowest BCUT2D eigenvalue weighted by molar-refractivity contribution is -0.119. The van der Waals surface area contributed by atoms with Crippen LogP contribution in [0.15, 0.2) is 80.7 Å². The number of rotatable bonds is 6. The average Bonchev–Trinajstić information content (AvgIpc) is 3.21. The number of nitrogens with one attached hydrogen (secondary N) is 3. The van der Waals surface area contributed by atoms with Crippen molar-refractivity contribution in [3.63, 3.8) is 0 Å². The number of aromatic amines is 2. The number of nitrogens with zero attached hydrogens (tertiary/aromatic N) is 1. The Labute approximate surface area is 191 Å². The first-order chi connectivity index (χ1) is 16.5. The summed E-state index contributed by atoms with van der Waals surface area (Å²) in [4.78, 5) is 51.1. The van der Waals surface area contributed by atoms with E-state index in [0.717, 1.165) is 6.07 Å². The molecule has 0 aliphatic heterocycles. The van der Waals surface area contributed by atoms with Gasteiger partial charge in [0.05, 0.1) is 0 Å². The number of aromatic nitrogens is 2. The summed E-state index contributed by atoms with van der Waals surface area (Å²) in [5.41, 5.74) is -0.0764. The van der Waals surface area contributed by atoms with Crippen LogP contribution in [0.5, 0.6) is 0 Å². The van der Waals surface area contributed by atoms with E-state index in [2.05, 4.69) is 16.4 Å². The van der Waals surface area contributed by atoms with Gasteiger partial charge in [-0.05, 0) is 5.56 Å². The van der Waals surface area contributed by atoms with Crippen LogP contribution < -0.4 is 16.6 Å². The normalized spacial score (nSPS) is 10.3. The van der Waals surface area contributed by atoms with Crippen LogP contribution in [0.3, 0.4) is 0 Å². The molecular weight excluding hydrogens is 440 g/mol. The highest BCUT2D eigenvalue weighted by Gasteiger charge is 2.24. The van der Waals surface area contributed by atoms with E-state index in [1.165, 1.54) is 0 Å². The highest BCUT2D eigenvalue weighted by Crippen LogP contribution is 2.41. The molecule has 3 N–H and O–H groups in total. The fourth-order valence-corrected chi connectivity index (χ4v) is 3.25. The molecule has 4 rings (SSSR count). The number of H-pyrrole nitrogens is 2. The van der Waals surface area contributed by atoms with Gasteiger partial charge in [-0.2, -0.15) is 5.26 Å². The summed E-state index contributed by atoms with van der Waals surface area (Å²) in [5.74, 6) is -1.58. The molecule has 0 unspecified atom stereocenters. The molecule has 2 heterocycles. The minimum absolute atomic E-state index is 0.101. The maximum Gasteiger partial charge on any atom is 0.355 e. The molecule has 0 bridgehead atoms. The molecule has 0 atom stereocenters. The number of amides is 1. The van der Waals surface area contributed by atoms with E-state index in [0.29, 0.717) is 22.5 Å². The highest BCUT2D eigenvalue weighted by atomic mass is 16.5. The van der Waals surface area contributed by atoms with Gasteiger partial charge in [0.15, 0.2) is 6.61 Å². The number of hydrogen-bond acceptors (Lipinski definition) is 7. The van der Waals surface area contributed by atoms with Crippen LogP contribution in [0.1, 0.15) is 16.1 Å². The third kappa shape index (κ3) is 4.68. The van der Waals surface area contributed by atoms with Crippen LogP contribution >= 0.6 is 0 Å². The van der Waals surface area contributed by atoms with Crippen molar-refractivity contribution in [3.8, 4) is 28.5 Å². The van der Waals surface area contributed by atoms with Gasteiger partial charge in [-0.15, -0.1) is 0 Å². The number of anilines is 1. The monoisotopic (exact) mass is 456 g/mol. The van der Waals surface area contributed by atoms with Gasteiger partial charge in [-0.1, -0.05) is 60.7 Å². The molecule has 0 aliphatic rings. The van der Waals surface area contributed by atoms with E-state index in [-0.39, 0.29) is 11.4 Å². The van der Waals surface area contributed by atoms with Crippen LogP contribution in [0.4, 0.5) is 5.88 Å². The average molecular weight is 456 g/mol. The Balaban J connectivity index is 1.60. The predicted octanol–water partition coefficient (Wildman–Crippen LogP) is 2.66. The second kappa shape index (κ2) is 9.54. The summed E-state index contributed by atoms with van der Waals surface area (Å²) in [6, 6.07) is 21.1. The molecular formula is C24H16N4O6. The Kier molecular flexibility index (Phi) is 6.18. The molecule has 0 fully saturated rings. The van der Waals surface area contributed by atoms with Gasteiger partial charge in [0, 0.05) is 17.2 Å². The third-order valence-electron chi connectivity index (χ3n) is 4.69. The number of carbonyl (C=O) groups is 2. The van der Waals surface area contributed by atoms with Gasteiger partial charge in [-0.3, -0.25) is 19.9 Å². The minimum atomic E-state index is -1.08. The summed E-state index contributed by atoms with van der Waals surface area (Å²) >= 11 is 0. The minimum Gasteiger partial charge on any atom is -0.451 e. The van der Waals surface area contributed by atoms with Crippen LogP contribution in [-0.4, -0.2) is 28.5 Å². The van der Waals surface area contributed by atoms with Crippen molar-refractivity contribution < 1.29 is 18.7 Å². The Morgan fingerprint density at radius 1 is 0.971 bits per heavy atom. The van der Waals surface area contributed by atoms with E-state index < -0.39 is 35.4 Å². The van der Waals surface area contributed by atoms with Crippen molar-refractivity contribution in [2.75, 3.05) is 11.9 Å². The van der Waals surface area contributed by atoms with Crippen LogP contribution in [0.2, 0.25) is 0 Å². The fraction of sp³-hybridized carbons (Fsp3) is 0.0417. The molecule has 2 aromatic heterocycles. The molecule has 0 aliphatic carbocycles. The third-order valence-corrected chi connectivity index (χ3v) is 4.69. The number of furan rings is 1. The van der Waals surface area contributed by atoms with Gasteiger partial charge in [0.2, 0.25) is 5.88 Å². The zero-order chi connectivity index (χ0) is 24.1. The van der Waals surface area contributed by atoms with Crippen molar-refractivity contribution >= 4 is 17.8 Å². The van der Waals surface area contributed by atoms with E-state index in [1.54, 1.807) is 0 Å². The second-order valence-corrected chi connectivity index (χ2v) is 6.98. The topological polar surface area (TPSA) is 158 Å². The van der Waals surface area contributed by atoms with Crippen LogP contribution in [0.25, 0.3) is 22.5 Å². The number of ether oxygens (including phenoxy) is 1. The first kappa shape index (κ1) is 22.0.